The number of benzene rings is 2. The van der Waals surface area contributed by atoms with Gasteiger partial charge in [-0.25, -0.2) is 0 Å². The molecule has 0 saturated carbocycles. The number of rotatable bonds is 7. The Morgan fingerprint density at radius 3 is 2.33 bits per heavy atom. The minimum absolute atomic E-state index is 0.817. The second kappa shape index (κ2) is 8.88. The lowest BCUT2D eigenvalue weighted by Gasteiger charge is -2.11. The van der Waals surface area contributed by atoms with E-state index in [0.29, 0.717) is 0 Å². The van der Waals surface area contributed by atoms with Gasteiger partial charge in [-0.3, -0.25) is 4.99 Å². The maximum absolute atomic E-state index is 4.75. The fraction of sp³-hybridized carbons (Fsp3) is 0.227. The van der Waals surface area contributed by atoms with Gasteiger partial charge in [-0.2, -0.15) is 0 Å². The van der Waals surface area contributed by atoms with Gasteiger partial charge in [0.1, 0.15) is 0 Å². The third-order valence-corrected chi connectivity index (χ3v) is 3.96. The summed E-state index contributed by atoms with van der Waals surface area (Å²) >= 11 is 0. The van der Waals surface area contributed by atoms with Gasteiger partial charge in [0, 0.05) is 30.1 Å². The van der Waals surface area contributed by atoms with Crippen LogP contribution in [0.25, 0.3) is 5.70 Å². The van der Waals surface area contributed by atoms with Crippen LogP contribution in [-0.4, -0.2) is 12.3 Å². The highest BCUT2D eigenvalue weighted by atomic mass is 14.9. The fourth-order valence-corrected chi connectivity index (χ4v) is 2.42. The molecule has 0 aliphatic heterocycles. The number of hydrogen-bond donors (Lipinski definition) is 1. The Bertz CT molecular complexity index is 722. The molecule has 0 fully saturated rings. The third kappa shape index (κ3) is 5.24. The molecule has 2 rings (SSSR count). The van der Waals surface area contributed by atoms with Crippen molar-refractivity contribution in [2.24, 2.45) is 4.99 Å². The molecule has 0 atom stereocenters. The Morgan fingerprint density at radius 2 is 1.71 bits per heavy atom. The zero-order valence-corrected chi connectivity index (χ0v) is 14.8. The molecule has 2 aromatic rings. The van der Waals surface area contributed by atoms with E-state index in [9.17, 15) is 0 Å². The number of aliphatic imine (C=N–C) groups is 1. The van der Waals surface area contributed by atoms with E-state index in [1.54, 1.807) is 0 Å². The van der Waals surface area contributed by atoms with Crippen molar-refractivity contribution in [3.8, 4) is 0 Å². The quantitative estimate of drug-likeness (QED) is 0.683. The van der Waals surface area contributed by atoms with Crippen LogP contribution in [0.5, 0.6) is 0 Å². The van der Waals surface area contributed by atoms with E-state index in [0.717, 1.165) is 41.2 Å². The Labute approximate surface area is 145 Å². The van der Waals surface area contributed by atoms with Gasteiger partial charge >= 0.3 is 0 Å². The van der Waals surface area contributed by atoms with Crippen molar-refractivity contribution in [2.75, 3.05) is 6.54 Å². The van der Waals surface area contributed by atoms with Crippen LogP contribution in [0.1, 0.15) is 37.0 Å². The molecule has 0 amide bonds. The molecular weight excluding hydrogens is 292 g/mol. The van der Waals surface area contributed by atoms with Crippen molar-refractivity contribution in [3.05, 3.63) is 89.6 Å². The Balaban J connectivity index is 1.90. The lowest BCUT2D eigenvalue weighted by atomic mass is 10.1. The third-order valence-electron chi connectivity index (χ3n) is 3.96. The summed E-state index contributed by atoms with van der Waals surface area (Å²) < 4.78 is 0. The molecule has 0 aromatic heterocycles. The van der Waals surface area contributed by atoms with Crippen LogP contribution in [0.3, 0.4) is 0 Å². The predicted octanol–water partition coefficient (Wildman–Crippen LogP) is 5.36. The van der Waals surface area contributed by atoms with E-state index in [1.165, 1.54) is 5.56 Å². The number of hydrogen-bond acceptors (Lipinski definition) is 2. The first-order valence-corrected chi connectivity index (χ1v) is 8.36. The SMILES string of the molecule is C=C(NCC/C(=C/C)N=C(C)c1ccccc1)c1ccc(C)cc1. The second-order valence-electron chi connectivity index (χ2n) is 5.86. The second-order valence-corrected chi connectivity index (χ2v) is 5.86. The van der Waals surface area contributed by atoms with Gasteiger partial charge in [-0.05, 0) is 31.9 Å². The number of nitrogens with one attached hydrogen (secondary N) is 1. The first kappa shape index (κ1) is 17.7. The summed E-state index contributed by atoms with van der Waals surface area (Å²) in [6.45, 7) is 11.1. The molecule has 124 valence electrons. The van der Waals surface area contributed by atoms with Crippen LogP contribution >= 0.6 is 0 Å². The van der Waals surface area contributed by atoms with Gasteiger partial charge in [-0.1, -0.05) is 72.8 Å². The van der Waals surface area contributed by atoms with Crippen LogP contribution in [0.2, 0.25) is 0 Å². The molecule has 0 aliphatic carbocycles. The largest absolute Gasteiger partial charge is 0.385 e. The smallest absolute Gasteiger partial charge is 0.0448 e. The molecule has 2 aromatic carbocycles. The van der Waals surface area contributed by atoms with Crippen molar-refractivity contribution in [2.45, 2.75) is 27.2 Å². The first-order valence-electron chi connectivity index (χ1n) is 8.36. The normalized spacial score (nSPS) is 12.1. The molecule has 24 heavy (non-hydrogen) atoms. The summed E-state index contributed by atoms with van der Waals surface area (Å²) in [6.07, 6.45) is 2.94. The highest BCUT2D eigenvalue weighted by Crippen LogP contribution is 2.12. The molecule has 0 saturated heterocycles. The molecule has 0 bridgehead atoms. The van der Waals surface area contributed by atoms with Gasteiger partial charge in [0.15, 0.2) is 0 Å². The summed E-state index contributed by atoms with van der Waals surface area (Å²) in [6, 6.07) is 18.7. The molecule has 2 nitrogen and oxygen atoms in total. The molecule has 1 N–H and O–H groups in total. The minimum atomic E-state index is 0.817. The summed E-state index contributed by atoms with van der Waals surface area (Å²) in [5.74, 6) is 0. The average molecular weight is 318 g/mol. The lowest BCUT2D eigenvalue weighted by molar-refractivity contribution is 0.831. The first-order chi connectivity index (χ1) is 11.6. The molecule has 0 aliphatic rings. The number of nitrogens with zero attached hydrogens (tertiary/aromatic N) is 1. The van der Waals surface area contributed by atoms with E-state index in [4.69, 9.17) is 4.99 Å². The van der Waals surface area contributed by atoms with E-state index in [1.807, 2.05) is 25.1 Å². The maximum Gasteiger partial charge on any atom is 0.0448 e. The average Bonchev–Trinajstić information content (AvgIpc) is 2.61. The van der Waals surface area contributed by atoms with E-state index in [2.05, 4.69) is 68.2 Å². The highest BCUT2D eigenvalue weighted by Gasteiger charge is 2.01. The Morgan fingerprint density at radius 1 is 1.04 bits per heavy atom. The van der Waals surface area contributed by atoms with Gasteiger partial charge in [-0.15, -0.1) is 0 Å². The predicted molar refractivity (Wildman–Crippen MR) is 105 cm³/mol. The molecular formula is C22H26N2. The summed E-state index contributed by atoms with van der Waals surface area (Å²) in [4.78, 5) is 4.75. The van der Waals surface area contributed by atoms with Crippen LogP contribution in [0.15, 0.2) is 77.9 Å². The fourth-order valence-electron chi connectivity index (χ4n) is 2.42. The molecule has 0 heterocycles. The number of aryl methyl sites for hydroxylation is 1. The lowest BCUT2D eigenvalue weighted by Crippen LogP contribution is -2.13. The van der Waals surface area contributed by atoms with Gasteiger partial charge in [0.05, 0.1) is 0 Å². The number of allylic oxidation sites excluding steroid dienone is 1. The van der Waals surface area contributed by atoms with Crippen LogP contribution in [0.4, 0.5) is 0 Å². The van der Waals surface area contributed by atoms with Crippen LogP contribution in [0, 0.1) is 6.92 Å². The van der Waals surface area contributed by atoms with Crippen molar-refractivity contribution in [1.82, 2.24) is 5.32 Å². The molecule has 2 heteroatoms. The molecule has 0 spiro atoms. The van der Waals surface area contributed by atoms with Gasteiger partial charge in [0.2, 0.25) is 0 Å². The van der Waals surface area contributed by atoms with Gasteiger partial charge in [0.25, 0.3) is 0 Å². The van der Waals surface area contributed by atoms with Crippen LogP contribution < -0.4 is 5.32 Å². The summed E-state index contributed by atoms with van der Waals surface area (Å²) in [7, 11) is 0. The van der Waals surface area contributed by atoms with Gasteiger partial charge < -0.3 is 5.32 Å². The molecule has 0 unspecified atom stereocenters. The zero-order valence-electron chi connectivity index (χ0n) is 14.8. The Kier molecular flexibility index (Phi) is 6.56. The monoisotopic (exact) mass is 318 g/mol. The van der Waals surface area contributed by atoms with E-state index < -0.39 is 0 Å². The highest BCUT2D eigenvalue weighted by molar-refractivity contribution is 5.99. The zero-order chi connectivity index (χ0) is 17.4. The van der Waals surface area contributed by atoms with Crippen molar-refractivity contribution in [1.29, 1.82) is 0 Å². The van der Waals surface area contributed by atoms with Crippen molar-refractivity contribution < 1.29 is 0 Å². The van der Waals surface area contributed by atoms with E-state index >= 15 is 0 Å². The topological polar surface area (TPSA) is 24.4 Å². The van der Waals surface area contributed by atoms with E-state index in [-0.39, 0.29) is 0 Å². The van der Waals surface area contributed by atoms with Crippen molar-refractivity contribution in [3.63, 3.8) is 0 Å². The maximum atomic E-state index is 4.75. The molecule has 0 radical (unpaired) electrons. The standard InChI is InChI=1S/C22H26N2/c1-5-22(24-19(4)20-9-7-6-8-10-20)15-16-23-18(3)21-13-11-17(2)12-14-21/h5-14,23H,3,15-16H2,1-2,4H3/b22-5-,24-19?. The van der Waals surface area contributed by atoms with Crippen molar-refractivity contribution >= 4 is 11.4 Å². The summed E-state index contributed by atoms with van der Waals surface area (Å²) in [5, 5.41) is 3.39. The van der Waals surface area contributed by atoms with Crippen LogP contribution in [-0.2, 0) is 0 Å². The Hall–Kier alpha value is -2.61. The minimum Gasteiger partial charge on any atom is -0.385 e. The summed E-state index contributed by atoms with van der Waals surface area (Å²) in [5.41, 5.74) is 6.63.